The van der Waals surface area contributed by atoms with Crippen molar-refractivity contribution in [3.8, 4) is 0 Å². The van der Waals surface area contributed by atoms with Crippen LogP contribution in [0.3, 0.4) is 0 Å². The van der Waals surface area contributed by atoms with Crippen LogP contribution in [-0.2, 0) is 5.54 Å². The first kappa shape index (κ1) is 12.2. The Bertz CT molecular complexity index is 305. The van der Waals surface area contributed by atoms with Crippen LogP contribution < -0.4 is 5.73 Å². The molecule has 1 rings (SSSR count). The van der Waals surface area contributed by atoms with Crippen LogP contribution in [0, 0.1) is 0 Å². The molecule has 1 aromatic heterocycles. The lowest BCUT2D eigenvalue weighted by Crippen LogP contribution is -2.36. The molecule has 0 saturated carbocycles. The summed E-state index contributed by atoms with van der Waals surface area (Å²) < 4.78 is 5.23. The molecule has 4 heteroatoms. The van der Waals surface area contributed by atoms with Gasteiger partial charge in [-0.1, -0.05) is 32.9 Å². The van der Waals surface area contributed by atoms with E-state index in [4.69, 9.17) is 10.3 Å². The summed E-state index contributed by atoms with van der Waals surface area (Å²) in [7, 11) is 0. The molecule has 0 spiro atoms. The van der Waals surface area contributed by atoms with Crippen molar-refractivity contribution in [2.75, 3.05) is 0 Å². The van der Waals surface area contributed by atoms with Gasteiger partial charge in [0.25, 0.3) is 0 Å². The average molecular weight is 211 g/mol. The summed E-state index contributed by atoms with van der Waals surface area (Å²) in [5, 5.41) is 3.99. The van der Waals surface area contributed by atoms with Gasteiger partial charge in [0.2, 0.25) is 5.89 Å². The van der Waals surface area contributed by atoms with Crippen LogP contribution in [0.5, 0.6) is 0 Å². The molecule has 1 atom stereocenters. The van der Waals surface area contributed by atoms with Gasteiger partial charge in [-0.05, 0) is 19.3 Å². The first-order chi connectivity index (χ1) is 7.07. The van der Waals surface area contributed by atoms with Crippen LogP contribution in [0.4, 0.5) is 0 Å². The van der Waals surface area contributed by atoms with Crippen LogP contribution in [0.15, 0.2) is 4.52 Å². The van der Waals surface area contributed by atoms with Gasteiger partial charge in [0.15, 0.2) is 5.82 Å². The number of rotatable bonds is 5. The van der Waals surface area contributed by atoms with Gasteiger partial charge in [0.1, 0.15) is 0 Å². The Labute approximate surface area is 91.2 Å². The zero-order valence-corrected chi connectivity index (χ0v) is 10.1. The molecule has 0 aromatic carbocycles. The maximum absolute atomic E-state index is 6.19. The molecule has 0 amide bonds. The van der Waals surface area contributed by atoms with E-state index < -0.39 is 5.54 Å². The van der Waals surface area contributed by atoms with Crippen molar-refractivity contribution in [1.29, 1.82) is 0 Å². The van der Waals surface area contributed by atoms with E-state index in [1.54, 1.807) is 0 Å². The molecule has 4 nitrogen and oxygen atoms in total. The molecule has 1 aromatic rings. The lowest BCUT2D eigenvalue weighted by Gasteiger charge is -2.21. The minimum atomic E-state index is -0.435. The third kappa shape index (κ3) is 2.37. The molecule has 0 aliphatic rings. The van der Waals surface area contributed by atoms with E-state index in [1.165, 1.54) is 0 Å². The van der Waals surface area contributed by atoms with Gasteiger partial charge in [-0.15, -0.1) is 0 Å². The van der Waals surface area contributed by atoms with Gasteiger partial charge < -0.3 is 10.3 Å². The minimum Gasteiger partial charge on any atom is -0.339 e. The fourth-order valence-corrected chi connectivity index (χ4v) is 1.38. The monoisotopic (exact) mass is 211 g/mol. The van der Waals surface area contributed by atoms with Gasteiger partial charge in [0, 0.05) is 5.92 Å². The third-order valence-corrected chi connectivity index (χ3v) is 3.18. The summed E-state index contributed by atoms with van der Waals surface area (Å²) in [6.07, 6.45) is 2.64. The fourth-order valence-electron chi connectivity index (χ4n) is 1.38. The lowest BCUT2D eigenvalue weighted by molar-refractivity contribution is 0.326. The zero-order valence-electron chi connectivity index (χ0n) is 10.1. The van der Waals surface area contributed by atoms with Gasteiger partial charge in [-0.2, -0.15) is 4.98 Å². The first-order valence-electron chi connectivity index (χ1n) is 5.70. The molecular formula is C11H21N3O. The summed E-state index contributed by atoms with van der Waals surface area (Å²) in [6, 6.07) is 0. The predicted molar refractivity (Wildman–Crippen MR) is 59.5 cm³/mol. The summed E-state index contributed by atoms with van der Waals surface area (Å²) >= 11 is 0. The quantitative estimate of drug-likeness (QED) is 0.812. The Balaban J connectivity index is 2.92. The largest absolute Gasteiger partial charge is 0.339 e. The average Bonchev–Trinajstić information content (AvgIpc) is 2.76. The fraction of sp³-hybridized carbons (Fsp3) is 0.818. The Morgan fingerprint density at radius 2 is 1.93 bits per heavy atom. The summed E-state index contributed by atoms with van der Waals surface area (Å²) in [5.74, 6) is 1.65. The van der Waals surface area contributed by atoms with Crippen molar-refractivity contribution in [3.63, 3.8) is 0 Å². The van der Waals surface area contributed by atoms with Crippen molar-refractivity contribution >= 4 is 0 Å². The summed E-state index contributed by atoms with van der Waals surface area (Å²) in [4.78, 5) is 4.39. The molecule has 2 N–H and O–H groups in total. The van der Waals surface area contributed by atoms with Crippen LogP contribution in [-0.4, -0.2) is 10.1 Å². The molecule has 0 radical (unpaired) electrons. The molecule has 1 unspecified atom stereocenters. The highest BCUT2D eigenvalue weighted by Gasteiger charge is 2.29. The van der Waals surface area contributed by atoms with Crippen molar-refractivity contribution in [1.82, 2.24) is 10.1 Å². The van der Waals surface area contributed by atoms with Crippen molar-refractivity contribution < 1.29 is 4.52 Å². The highest BCUT2D eigenvalue weighted by atomic mass is 16.5. The van der Waals surface area contributed by atoms with Gasteiger partial charge >= 0.3 is 0 Å². The van der Waals surface area contributed by atoms with E-state index in [9.17, 15) is 0 Å². The van der Waals surface area contributed by atoms with Crippen LogP contribution in [0.1, 0.15) is 64.6 Å². The van der Waals surface area contributed by atoms with E-state index in [0.717, 1.165) is 19.3 Å². The zero-order chi connectivity index (χ0) is 11.5. The number of hydrogen-bond donors (Lipinski definition) is 1. The molecule has 15 heavy (non-hydrogen) atoms. The Kier molecular flexibility index (Phi) is 3.85. The highest BCUT2D eigenvalue weighted by Crippen LogP contribution is 2.25. The molecule has 0 fully saturated rings. The molecular weight excluding hydrogens is 190 g/mol. The number of aromatic nitrogens is 2. The Morgan fingerprint density at radius 1 is 1.33 bits per heavy atom. The van der Waals surface area contributed by atoms with Gasteiger partial charge in [0.05, 0.1) is 5.54 Å². The normalized spacial score (nSPS) is 14.2. The molecule has 0 aliphatic carbocycles. The van der Waals surface area contributed by atoms with E-state index in [0.29, 0.717) is 17.6 Å². The van der Waals surface area contributed by atoms with Crippen molar-refractivity contribution in [3.05, 3.63) is 11.7 Å². The lowest BCUT2D eigenvalue weighted by atomic mass is 9.93. The number of nitrogens with two attached hydrogens (primary N) is 1. The topological polar surface area (TPSA) is 64.9 Å². The smallest absolute Gasteiger partial charge is 0.229 e. The van der Waals surface area contributed by atoms with E-state index in [-0.39, 0.29) is 0 Å². The second-order valence-corrected chi connectivity index (χ2v) is 4.13. The number of hydrogen-bond acceptors (Lipinski definition) is 4. The maximum atomic E-state index is 6.19. The second-order valence-electron chi connectivity index (χ2n) is 4.13. The predicted octanol–water partition coefficient (Wildman–Crippen LogP) is 2.56. The Hall–Kier alpha value is -0.900. The number of nitrogens with zero attached hydrogens (tertiary/aromatic N) is 2. The van der Waals surface area contributed by atoms with Crippen LogP contribution in [0.25, 0.3) is 0 Å². The molecule has 0 saturated heterocycles. The molecule has 0 bridgehead atoms. The van der Waals surface area contributed by atoms with Gasteiger partial charge in [-0.25, -0.2) is 0 Å². The summed E-state index contributed by atoms with van der Waals surface area (Å²) in [5.41, 5.74) is 5.75. The molecule has 86 valence electrons. The SMILES string of the molecule is CCC(C)c1nc(C(N)(CC)CC)no1. The first-order valence-corrected chi connectivity index (χ1v) is 5.70. The molecule has 0 aliphatic heterocycles. The third-order valence-electron chi connectivity index (χ3n) is 3.18. The van der Waals surface area contributed by atoms with Crippen LogP contribution >= 0.6 is 0 Å². The highest BCUT2D eigenvalue weighted by molar-refractivity contribution is 5.04. The van der Waals surface area contributed by atoms with E-state index in [2.05, 4.69) is 24.0 Å². The Morgan fingerprint density at radius 3 is 2.40 bits per heavy atom. The van der Waals surface area contributed by atoms with Crippen LogP contribution in [0.2, 0.25) is 0 Å². The van der Waals surface area contributed by atoms with Crippen molar-refractivity contribution in [2.24, 2.45) is 5.73 Å². The summed E-state index contributed by atoms with van der Waals surface area (Å²) in [6.45, 7) is 8.27. The van der Waals surface area contributed by atoms with Gasteiger partial charge in [-0.3, -0.25) is 0 Å². The maximum Gasteiger partial charge on any atom is 0.229 e. The van der Waals surface area contributed by atoms with E-state index in [1.807, 2.05) is 13.8 Å². The minimum absolute atomic E-state index is 0.309. The molecule has 1 heterocycles. The van der Waals surface area contributed by atoms with E-state index >= 15 is 0 Å². The van der Waals surface area contributed by atoms with Crippen molar-refractivity contribution in [2.45, 2.75) is 58.4 Å². The standard InChI is InChI=1S/C11H21N3O/c1-5-8(4)9-13-10(14-15-9)11(12,6-2)7-3/h8H,5-7,12H2,1-4H3. The second kappa shape index (κ2) is 4.75.